The van der Waals surface area contributed by atoms with Crippen LogP contribution in [0, 0.1) is 5.92 Å². The number of carbonyl (C=O) groups is 2. The first-order chi connectivity index (χ1) is 19.0. The number of guanidine groups is 1. The molecule has 0 bridgehead atoms. The Hall–Kier alpha value is -3.85. The zero-order chi connectivity index (χ0) is 30.5. The lowest BCUT2D eigenvalue weighted by molar-refractivity contribution is -0.161. The van der Waals surface area contributed by atoms with Gasteiger partial charge in [-0.1, -0.05) is 6.92 Å². The Kier molecular flexibility index (Phi) is 7.50. The molecule has 2 aromatic rings. The van der Waals surface area contributed by atoms with Crippen molar-refractivity contribution in [3.05, 3.63) is 59.7 Å². The topological polar surface area (TPSA) is 114 Å². The molecule has 2 heterocycles. The van der Waals surface area contributed by atoms with E-state index in [4.69, 9.17) is 5.73 Å². The summed E-state index contributed by atoms with van der Waals surface area (Å²) in [5.74, 6) is -3.11. The zero-order valence-corrected chi connectivity index (χ0v) is 22.2. The first-order valence-corrected chi connectivity index (χ1v) is 12.5. The number of nitrogens with two attached hydrogens (primary N) is 1. The second-order valence-electron chi connectivity index (χ2n) is 10.2. The van der Waals surface area contributed by atoms with Crippen molar-refractivity contribution in [2.45, 2.75) is 50.9 Å². The van der Waals surface area contributed by atoms with Gasteiger partial charge in [-0.15, -0.1) is 0 Å². The minimum Gasteiger partial charge on any atom is -0.330 e. The van der Waals surface area contributed by atoms with Gasteiger partial charge in [-0.05, 0) is 68.8 Å². The van der Waals surface area contributed by atoms with Gasteiger partial charge in [0.15, 0.2) is 5.78 Å². The van der Waals surface area contributed by atoms with Crippen LogP contribution >= 0.6 is 0 Å². The van der Waals surface area contributed by atoms with Gasteiger partial charge in [0.25, 0.3) is 5.79 Å². The number of nitrogens with zero attached hydrogens (tertiary/aromatic N) is 4. The van der Waals surface area contributed by atoms with Crippen LogP contribution < -0.4 is 16.0 Å². The van der Waals surface area contributed by atoms with Crippen molar-refractivity contribution < 1.29 is 41.1 Å². The highest BCUT2D eigenvalue weighted by atomic mass is 19.4. The van der Waals surface area contributed by atoms with Gasteiger partial charge < -0.3 is 16.0 Å². The summed E-state index contributed by atoms with van der Waals surface area (Å²) in [6, 6.07) is 6.70. The normalized spacial score (nSPS) is 21.2. The van der Waals surface area contributed by atoms with Gasteiger partial charge in [0.05, 0.1) is 17.7 Å². The van der Waals surface area contributed by atoms with Gasteiger partial charge >= 0.3 is 18.4 Å². The lowest BCUT2D eigenvalue weighted by Crippen LogP contribution is -2.75. The number of aliphatic imine (C=N–C) groups is 1. The molecule has 2 atom stereocenters. The molecule has 4 N–H and O–H groups in total. The molecule has 9 nitrogen and oxygen atoms in total. The van der Waals surface area contributed by atoms with E-state index in [1.165, 1.54) is 13.8 Å². The predicted molar refractivity (Wildman–Crippen MR) is 137 cm³/mol. The van der Waals surface area contributed by atoms with Crippen LogP contribution in [-0.2, 0) is 17.1 Å². The van der Waals surface area contributed by atoms with Gasteiger partial charge in [-0.3, -0.25) is 10.0 Å². The largest absolute Gasteiger partial charge is 0.416 e. The Morgan fingerprint density at radius 1 is 1.00 bits per heavy atom. The first-order valence-electron chi connectivity index (χ1n) is 12.5. The molecule has 15 heteroatoms. The Bertz CT molecular complexity index is 1340. The van der Waals surface area contributed by atoms with E-state index < -0.39 is 53.3 Å². The van der Waals surface area contributed by atoms with Gasteiger partial charge in [0, 0.05) is 23.8 Å². The van der Waals surface area contributed by atoms with E-state index in [9.17, 15) is 41.1 Å². The number of ketones is 1. The number of hydrogen-bond acceptors (Lipinski definition) is 7. The van der Waals surface area contributed by atoms with Crippen molar-refractivity contribution in [1.29, 1.82) is 0 Å². The highest BCUT2D eigenvalue weighted by Crippen LogP contribution is 2.51. The molecule has 2 unspecified atom stereocenters. The van der Waals surface area contributed by atoms with Gasteiger partial charge in [0.2, 0.25) is 5.96 Å². The number of rotatable bonds is 7. The highest BCUT2D eigenvalue weighted by molar-refractivity contribution is 6.05. The highest BCUT2D eigenvalue weighted by Gasteiger charge is 2.72. The van der Waals surface area contributed by atoms with Crippen LogP contribution in [0.5, 0.6) is 0 Å². The summed E-state index contributed by atoms with van der Waals surface area (Å²) in [7, 11) is 0. The van der Waals surface area contributed by atoms with E-state index in [1.54, 1.807) is 6.92 Å². The monoisotopic (exact) mass is 586 g/mol. The summed E-state index contributed by atoms with van der Waals surface area (Å²) >= 11 is 0. The maximum absolute atomic E-state index is 13.8. The quantitative estimate of drug-likeness (QED) is 0.388. The van der Waals surface area contributed by atoms with E-state index in [0.29, 0.717) is 11.5 Å². The van der Waals surface area contributed by atoms with E-state index >= 15 is 0 Å². The van der Waals surface area contributed by atoms with Crippen LogP contribution in [0.4, 0.5) is 42.5 Å². The van der Waals surface area contributed by atoms with Crippen molar-refractivity contribution in [3.8, 4) is 0 Å². The summed E-state index contributed by atoms with van der Waals surface area (Å²) in [5.41, 5.74) is 2.47. The maximum atomic E-state index is 13.8. The number of urea groups is 1. The fraction of sp³-hybridized carbons (Fsp3) is 0.423. The molecule has 1 fully saturated rings. The Morgan fingerprint density at radius 3 is 1.95 bits per heavy atom. The van der Waals surface area contributed by atoms with Crippen LogP contribution in [0.1, 0.15) is 38.3 Å². The van der Waals surface area contributed by atoms with Crippen molar-refractivity contribution in [3.63, 3.8) is 0 Å². The lowest BCUT2D eigenvalue weighted by Gasteiger charge is -2.53. The van der Waals surface area contributed by atoms with Crippen molar-refractivity contribution in [2.75, 3.05) is 23.3 Å². The maximum Gasteiger partial charge on any atom is 0.416 e. The van der Waals surface area contributed by atoms with Gasteiger partial charge in [-0.25, -0.2) is 9.69 Å². The zero-order valence-electron chi connectivity index (χ0n) is 22.2. The van der Waals surface area contributed by atoms with Crippen LogP contribution in [0.2, 0.25) is 0 Å². The van der Waals surface area contributed by atoms with Crippen molar-refractivity contribution in [2.24, 2.45) is 16.6 Å². The molecule has 41 heavy (non-hydrogen) atoms. The number of nitrogens with one attached hydrogen (secondary N) is 1. The molecular formula is C26H28F6N6O3. The molecule has 2 aliphatic rings. The average Bonchev–Trinajstić information content (AvgIpc) is 3.07. The summed E-state index contributed by atoms with van der Waals surface area (Å²) in [6.07, 6.45) is -8.79. The third-order valence-corrected chi connectivity index (χ3v) is 7.46. The summed E-state index contributed by atoms with van der Waals surface area (Å²) in [6.45, 7) is 4.43. The number of alkyl halides is 6. The third kappa shape index (κ3) is 4.96. The fourth-order valence-electron chi connectivity index (χ4n) is 4.95. The molecule has 0 radical (unpaired) electrons. The Morgan fingerprint density at radius 2 is 1.51 bits per heavy atom. The van der Waals surface area contributed by atoms with E-state index in [0.717, 1.165) is 58.3 Å². The number of carbonyl (C=O) groups excluding carboxylic acids is 2. The second kappa shape index (κ2) is 10.2. The first kappa shape index (κ1) is 30.1. The van der Waals surface area contributed by atoms with Crippen LogP contribution in [0.15, 0.2) is 53.5 Å². The summed E-state index contributed by atoms with van der Waals surface area (Å²) in [5, 5.41) is 14.5. The number of anilines is 2. The molecule has 1 saturated heterocycles. The van der Waals surface area contributed by atoms with Crippen LogP contribution in [0.25, 0.3) is 0 Å². The molecule has 222 valence electrons. The smallest absolute Gasteiger partial charge is 0.330 e. The molecule has 0 saturated carbocycles. The van der Waals surface area contributed by atoms with Gasteiger partial charge in [-0.2, -0.15) is 36.4 Å². The average molecular weight is 587 g/mol. The van der Waals surface area contributed by atoms with Crippen molar-refractivity contribution in [1.82, 2.24) is 9.96 Å². The van der Waals surface area contributed by atoms with Crippen molar-refractivity contribution >= 4 is 29.1 Å². The molecule has 0 aliphatic carbocycles. The molecule has 2 aliphatic heterocycles. The number of Topliss-reactive ketones (excluding diaryl/α,β-unsaturated/α-hetero) is 1. The standard InChI is InChI=1S/C26H28F6N6O3/c1-4-15(13-33)20(39)14-36-22(40)37(19-11-7-17(8-12-19)25(30,31)32)26(23(36,2)3)35-21(38(26)41)34-18-9-5-16(6-10-18)24(27,28)29/h5-12,15,41H,4,13-14,33H2,1-3H3,(H,34,35). The second-order valence-corrected chi connectivity index (χ2v) is 10.2. The van der Waals surface area contributed by atoms with E-state index in [1.807, 2.05) is 0 Å². The molecule has 2 aromatic carbocycles. The minimum atomic E-state index is -4.64. The number of hydroxylamine groups is 2. The number of hydrogen-bond donors (Lipinski definition) is 3. The Balaban J connectivity index is 1.75. The minimum absolute atomic E-state index is 0.0387. The molecule has 0 aromatic heterocycles. The summed E-state index contributed by atoms with van der Waals surface area (Å²) < 4.78 is 78.4. The molecule has 4 rings (SSSR count). The predicted octanol–water partition coefficient (Wildman–Crippen LogP) is 5.13. The summed E-state index contributed by atoms with van der Waals surface area (Å²) in [4.78, 5) is 33.3. The van der Waals surface area contributed by atoms with E-state index in [-0.39, 0.29) is 29.7 Å². The third-order valence-electron chi connectivity index (χ3n) is 7.46. The molecule has 2 amide bonds. The lowest BCUT2D eigenvalue weighted by atomic mass is 9.90. The number of halogens is 6. The molecule has 1 spiro atoms. The number of benzene rings is 2. The fourth-order valence-corrected chi connectivity index (χ4v) is 4.95. The molecular weight excluding hydrogens is 558 g/mol. The SMILES string of the molecule is CCC(CN)C(=O)CN1C(=O)N(c2ccc(C(F)(F)F)cc2)C2(N=C(Nc3ccc(C(F)(F)F)cc3)N2O)C1(C)C. The van der Waals surface area contributed by atoms with Crippen LogP contribution in [0.3, 0.4) is 0 Å². The van der Waals surface area contributed by atoms with E-state index in [2.05, 4.69) is 10.3 Å². The van der Waals surface area contributed by atoms with Crippen LogP contribution in [-0.4, -0.2) is 57.4 Å². The van der Waals surface area contributed by atoms with Gasteiger partial charge in [0.1, 0.15) is 5.54 Å². The Labute approximate surface area is 231 Å². The number of amides is 2.